The van der Waals surface area contributed by atoms with Crippen LogP contribution < -0.4 is 10.2 Å². The molecule has 8 heteroatoms. The molecule has 2 aliphatic rings. The van der Waals surface area contributed by atoms with Gasteiger partial charge in [0.1, 0.15) is 11.6 Å². The lowest BCUT2D eigenvalue weighted by molar-refractivity contribution is 0.0738. The number of piperidine rings is 1. The van der Waals surface area contributed by atoms with E-state index in [0.717, 1.165) is 68.8 Å². The summed E-state index contributed by atoms with van der Waals surface area (Å²) in [6.07, 6.45) is 4.86. The van der Waals surface area contributed by atoms with Crippen LogP contribution in [0.2, 0.25) is 0 Å². The maximum atomic E-state index is 14.5. The molecular formula is C24H30FN5O2. The van der Waals surface area contributed by atoms with E-state index in [-0.39, 0.29) is 5.82 Å². The summed E-state index contributed by atoms with van der Waals surface area (Å²) in [5, 5.41) is 8.67. The van der Waals surface area contributed by atoms with E-state index in [2.05, 4.69) is 20.4 Å². The molecule has 0 spiro atoms. The number of fused-ring (bicyclic) bond motifs is 1. The molecule has 0 radical (unpaired) electrons. The lowest BCUT2D eigenvalue weighted by Gasteiger charge is -2.36. The van der Waals surface area contributed by atoms with Crippen LogP contribution in [0.4, 0.5) is 10.2 Å². The summed E-state index contributed by atoms with van der Waals surface area (Å²) < 4.78 is 25.5. The van der Waals surface area contributed by atoms with E-state index in [1.54, 1.807) is 13.0 Å². The Morgan fingerprint density at radius 2 is 1.81 bits per heavy atom. The Balaban J connectivity index is 1.43. The van der Waals surface area contributed by atoms with Crippen LogP contribution in [0.1, 0.15) is 44.0 Å². The zero-order valence-electron chi connectivity index (χ0n) is 18.7. The molecule has 7 nitrogen and oxygen atoms in total. The first-order valence-corrected chi connectivity index (χ1v) is 11.6. The van der Waals surface area contributed by atoms with E-state index < -0.39 is 0 Å². The van der Waals surface area contributed by atoms with Crippen molar-refractivity contribution in [1.82, 2.24) is 20.4 Å². The second-order valence-electron chi connectivity index (χ2n) is 8.81. The Morgan fingerprint density at radius 1 is 1.06 bits per heavy atom. The highest BCUT2D eigenvalue weighted by molar-refractivity contribution is 5.88. The maximum absolute atomic E-state index is 14.5. The van der Waals surface area contributed by atoms with Crippen LogP contribution in [0, 0.1) is 12.7 Å². The first-order valence-electron chi connectivity index (χ1n) is 11.6. The van der Waals surface area contributed by atoms with Gasteiger partial charge in [0.15, 0.2) is 5.82 Å². The third kappa shape index (κ3) is 4.34. The van der Waals surface area contributed by atoms with Gasteiger partial charge in [0, 0.05) is 49.8 Å². The van der Waals surface area contributed by atoms with Gasteiger partial charge in [-0.3, -0.25) is 0 Å². The van der Waals surface area contributed by atoms with Crippen molar-refractivity contribution in [2.75, 3.05) is 31.2 Å². The summed E-state index contributed by atoms with van der Waals surface area (Å²) in [6, 6.07) is 6.47. The molecule has 1 aromatic carbocycles. The third-order valence-electron chi connectivity index (χ3n) is 6.59. The van der Waals surface area contributed by atoms with Crippen LogP contribution in [0.25, 0.3) is 22.4 Å². The number of rotatable bonds is 5. The second-order valence-corrected chi connectivity index (χ2v) is 8.81. The van der Waals surface area contributed by atoms with Crippen molar-refractivity contribution < 1.29 is 13.7 Å². The molecule has 0 amide bonds. The van der Waals surface area contributed by atoms with E-state index in [9.17, 15) is 4.39 Å². The number of nitrogens with one attached hydrogen (secondary N) is 1. The fourth-order valence-electron chi connectivity index (χ4n) is 4.76. The smallest absolute Gasteiger partial charge is 0.261 e. The molecule has 170 valence electrons. The topological polar surface area (TPSA) is 76.3 Å². The van der Waals surface area contributed by atoms with Gasteiger partial charge in [-0.1, -0.05) is 12.1 Å². The number of anilines is 1. The highest BCUT2D eigenvalue weighted by atomic mass is 19.1. The van der Waals surface area contributed by atoms with Crippen molar-refractivity contribution in [2.45, 2.75) is 58.0 Å². The van der Waals surface area contributed by atoms with Crippen molar-refractivity contribution >= 4 is 16.7 Å². The Labute approximate surface area is 187 Å². The van der Waals surface area contributed by atoms with E-state index in [4.69, 9.17) is 14.2 Å². The molecule has 5 rings (SSSR count). The minimum atomic E-state index is -0.209. The average molecular weight is 440 g/mol. The van der Waals surface area contributed by atoms with Gasteiger partial charge >= 0.3 is 0 Å². The van der Waals surface area contributed by atoms with E-state index in [0.29, 0.717) is 41.3 Å². The molecular weight excluding hydrogens is 409 g/mol. The quantitative estimate of drug-likeness (QED) is 0.643. The van der Waals surface area contributed by atoms with Gasteiger partial charge in [0.05, 0.1) is 11.1 Å². The number of aromatic nitrogens is 3. The fourth-order valence-corrected chi connectivity index (χ4v) is 4.76. The largest absolute Gasteiger partial charge is 0.381 e. The van der Waals surface area contributed by atoms with Gasteiger partial charge in [0.2, 0.25) is 0 Å². The zero-order valence-corrected chi connectivity index (χ0v) is 18.7. The summed E-state index contributed by atoms with van der Waals surface area (Å²) in [4.78, 5) is 11.6. The fraction of sp³-hybridized carbons (Fsp3) is 0.542. The number of hydrogen-bond donors (Lipinski definition) is 1. The standard InChI is InChI=1S/C24H30FN5O2/c1-3-16-12-17-13-20(24-26-15(2)29-32-24)23(28-22(17)14-21(16)25)30-8-4-18(5-9-30)27-19-6-10-31-11-7-19/h12-14,18-19,27H,3-11H2,1-2H3. The van der Waals surface area contributed by atoms with Crippen LogP contribution >= 0.6 is 0 Å². The lowest BCUT2D eigenvalue weighted by Crippen LogP contribution is -2.48. The second kappa shape index (κ2) is 9.11. The summed E-state index contributed by atoms with van der Waals surface area (Å²) in [7, 11) is 0. The molecule has 3 aromatic rings. The first kappa shape index (κ1) is 21.3. The van der Waals surface area contributed by atoms with E-state index in [1.165, 1.54) is 0 Å². The predicted molar refractivity (Wildman–Crippen MR) is 121 cm³/mol. The summed E-state index contributed by atoms with van der Waals surface area (Å²) in [5.74, 6) is 1.61. The number of benzene rings is 1. The molecule has 0 aliphatic carbocycles. The molecule has 2 aliphatic heterocycles. The highest BCUT2D eigenvalue weighted by Crippen LogP contribution is 2.34. The van der Waals surface area contributed by atoms with Gasteiger partial charge in [-0.05, 0) is 56.7 Å². The number of pyridine rings is 1. The molecule has 2 saturated heterocycles. The average Bonchev–Trinajstić information content (AvgIpc) is 3.25. The highest BCUT2D eigenvalue weighted by Gasteiger charge is 2.27. The number of aryl methyl sites for hydroxylation is 2. The van der Waals surface area contributed by atoms with Gasteiger partial charge in [-0.25, -0.2) is 9.37 Å². The minimum Gasteiger partial charge on any atom is -0.381 e. The zero-order chi connectivity index (χ0) is 22.1. The first-order chi connectivity index (χ1) is 15.6. The van der Waals surface area contributed by atoms with Gasteiger partial charge < -0.3 is 19.5 Å². The SMILES string of the molecule is CCc1cc2cc(-c3nc(C)no3)c(N3CCC(NC4CCOCC4)CC3)nc2cc1F. The number of ether oxygens (including phenoxy) is 1. The summed E-state index contributed by atoms with van der Waals surface area (Å²) in [6.45, 7) is 7.19. The normalized spacial score (nSPS) is 18.5. The molecule has 0 atom stereocenters. The third-order valence-corrected chi connectivity index (χ3v) is 6.59. The van der Waals surface area contributed by atoms with E-state index in [1.807, 2.05) is 19.1 Å². The van der Waals surface area contributed by atoms with Crippen molar-refractivity contribution in [3.8, 4) is 11.5 Å². The molecule has 1 N–H and O–H groups in total. The van der Waals surface area contributed by atoms with Crippen LogP contribution in [0.15, 0.2) is 22.7 Å². The summed E-state index contributed by atoms with van der Waals surface area (Å²) >= 11 is 0. The predicted octanol–water partition coefficient (Wildman–Crippen LogP) is 4.03. The number of hydrogen-bond acceptors (Lipinski definition) is 7. The number of halogens is 1. The molecule has 0 saturated carbocycles. The van der Waals surface area contributed by atoms with Crippen LogP contribution in [-0.4, -0.2) is 53.5 Å². The Hall–Kier alpha value is -2.58. The molecule has 32 heavy (non-hydrogen) atoms. The molecule has 4 heterocycles. The van der Waals surface area contributed by atoms with Crippen molar-refractivity contribution in [3.63, 3.8) is 0 Å². The van der Waals surface area contributed by atoms with Crippen molar-refractivity contribution in [3.05, 3.63) is 35.4 Å². The van der Waals surface area contributed by atoms with Crippen molar-refractivity contribution in [2.24, 2.45) is 0 Å². The van der Waals surface area contributed by atoms with Gasteiger partial charge in [-0.2, -0.15) is 4.98 Å². The molecule has 0 bridgehead atoms. The molecule has 0 unspecified atom stereocenters. The maximum Gasteiger partial charge on any atom is 0.261 e. The van der Waals surface area contributed by atoms with Crippen LogP contribution in [0.5, 0.6) is 0 Å². The van der Waals surface area contributed by atoms with Gasteiger partial charge in [0.25, 0.3) is 5.89 Å². The van der Waals surface area contributed by atoms with Crippen LogP contribution in [0.3, 0.4) is 0 Å². The Bertz CT molecular complexity index is 1090. The Morgan fingerprint density at radius 3 is 2.50 bits per heavy atom. The monoisotopic (exact) mass is 439 g/mol. The van der Waals surface area contributed by atoms with Gasteiger partial charge in [-0.15, -0.1) is 0 Å². The van der Waals surface area contributed by atoms with Crippen LogP contribution in [-0.2, 0) is 11.2 Å². The molecule has 2 fully saturated rings. The minimum absolute atomic E-state index is 0.209. The van der Waals surface area contributed by atoms with E-state index >= 15 is 0 Å². The molecule has 2 aromatic heterocycles. The summed E-state index contributed by atoms with van der Waals surface area (Å²) in [5.41, 5.74) is 2.14. The number of nitrogens with zero attached hydrogens (tertiary/aromatic N) is 4. The lowest BCUT2D eigenvalue weighted by atomic mass is 10.0. The van der Waals surface area contributed by atoms with Crippen molar-refractivity contribution in [1.29, 1.82) is 0 Å². The Kier molecular flexibility index (Phi) is 6.06.